The Morgan fingerprint density at radius 3 is 2.69 bits per heavy atom. The molecule has 0 radical (unpaired) electrons. The van der Waals surface area contributed by atoms with Crippen LogP contribution in [-0.2, 0) is 0 Å². The molecule has 2 fully saturated rings. The molecular weight excluding hydrogens is 348 g/mol. The number of pyridine rings is 1. The quantitative estimate of drug-likeness (QED) is 0.737. The normalized spacial score (nSPS) is 18.0. The molecule has 0 bridgehead atoms. The summed E-state index contributed by atoms with van der Waals surface area (Å²) in [6, 6.07) is 2.09. The molecule has 26 heavy (non-hydrogen) atoms. The summed E-state index contributed by atoms with van der Waals surface area (Å²) in [6.07, 6.45) is 8.81. The van der Waals surface area contributed by atoms with Crippen molar-refractivity contribution in [1.29, 1.82) is 0 Å². The van der Waals surface area contributed by atoms with Gasteiger partial charge in [0, 0.05) is 17.1 Å². The highest BCUT2D eigenvalue weighted by atomic mass is 32.1. The molecule has 0 saturated heterocycles. The lowest BCUT2D eigenvalue weighted by atomic mass is 10.1. The van der Waals surface area contributed by atoms with Crippen LogP contribution in [0.2, 0.25) is 0 Å². The summed E-state index contributed by atoms with van der Waals surface area (Å²) in [4.78, 5) is 27.6. The molecule has 0 aromatic carbocycles. The molecule has 134 valence electrons. The number of amides is 1. The molecule has 2 saturated carbocycles. The van der Waals surface area contributed by atoms with E-state index in [0.717, 1.165) is 36.8 Å². The number of aromatic amines is 1. The van der Waals surface area contributed by atoms with Crippen molar-refractivity contribution in [3.8, 4) is 11.3 Å². The SMILES string of the molecule is NC(=O)c1cc(-c2nn(C3CCCC3)c3c(C4CC4)c[nH]c(=O)c23)cs1. The van der Waals surface area contributed by atoms with E-state index in [0.29, 0.717) is 27.9 Å². The Kier molecular flexibility index (Phi) is 3.53. The highest BCUT2D eigenvalue weighted by Gasteiger charge is 2.32. The zero-order valence-corrected chi connectivity index (χ0v) is 15.1. The van der Waals surface area contributed by atoms with E-state index in [2.05, 4.69) is 9.67 Å². The molecule has 3 N–H and O–H groups in total. The number of hydrogen-bond donors (Lipinski definition) is 2. The van der Waals surface area contributed by atoms with Crippen LogP contribution >= 0.6 is 11.3 Å². The number of aromatic nitrogens is 3. The van der Waals surface area contributed by atoms with E-state index in [1.54, 1.807) is 6.07 Å². The molecule has 0 atom stereocenters. The van der Waals surface area contributed by atoms with Gasteiger partial charge in [-0.15, -0.1) is 11.3 Å². The van der Waals surface area contributed by atoms with Gasteiger partial charge in [0.1, 0.15) is 5.69 Å². The monoisotopic (exact) mass is 368 g/mol. The molecule has 5 rings (SSSR count). The number of thiophene rings is 1. The maximum atomic E-state index is 12.7. The van der Waals surface area contributed by atoms with Crippen LogP contribution in [0, 0.1) is 0 Å². The first-order chi connectivity index (χ1) is 12.6. The van der Waals surface area contributed by atoms with Crippen molar-refractivity contribution in [3.05, 3.63) is 38.4 Å². The van der Waals surface area contributed by atoms with Gasteiger partial charge >= 0.3 is 0 Å². The highest BCUT2D eigenvalue weighted by molar-refractivity contribution is 7.12. The molecule has 3 heterocycles. The molecule has 2 aliphatic rings. The zero-order valence-electron chi connectivity index (χ0n) is 14.3. The van der Waals surface area contributed by atoms with Crippen molar-refractivity contribution < 1.29 is 4.79 Å². The first-order valence-corrected chi connectivity index (χ1v) is 10.0. The highest BCUT2D eigenvalue weighted by Crippen LogP contribution is 2.45. The predicted molar refractivity (Wildman–Crippen MR) is 102 cm³/mol. The standard InChI is InChI=1S/C19H20N4O2S/c20-18(24)14-7-11(9-26-14)16-15-17(23(22-16)12-3-1-2-4-12)13(10-5-6-10)8-21-19(15)25/h7-10,12H,1-6H2,(H2,20,24)(H,21,25). The van der Waals surface area contributed by atoms with Crippen LogP contribution in [0.15, 0.2) is 22.4 Å². The third-order valence-electron chi connectivity index (χ3n) is 5.57. The molecule has 0 aliphatic heterocycles. The lowest BCUT2D eigenvalue weighted by Crippen LogP contribution is -2.11. The number of H-pyrrole nitrogens is 1. The fourth-order valence-electron chi connectivity index (χ4n) is 4.12. The van der Waals surface area contributed by atoms with Crippen molar-refractivity contribution in [2.45, 2.75) is 50.5 Å². The van der Waals surface area contributed by atoms with E-state index in [1.807, 2.05) is 11.6 Å². The summed E-state index contributed by atoms with van der Waals surface area (Å²) in [5.41, 5.74) is 8.94. The number of fused-ring (bicyclic) bond motifs is 1. The van der Waals surface area contributed by atoms with Crippen LogP contribution in [0.25, 0.3) is 22.2 Å². The van der Waals surface area contributed by atoms with Gasteiger partial charge in [-0.1, -0.05) is 12.8 Å². The van der Waals surface area contributed by atoms with Crippen molar-refractivity contribution in [3.63, 3.8) is 0 Å². The lowest BCUT2D eigenvalue weighted by molar-refractivity contribution is 0.100. The number of hydrogen-bond acceptors (Lipinski definition) is 4. The average Bonchev–Trinajstić information content (AvgIpc) is 3.06. The first-order valence-electron chi connectivity index (χ1n) is 9.16. The van der Waals surface area contributed by atoms with E-state index >= 15 is 0 Å². The predicted octanol–water partition coefficient (Wildman–Crippen LogP) is 3.54. The summed E-state index contributed by atoms with van der Waals surface area (Å²) >= 11 is 1.30. The van der Waals surface area contributed by atoms with Crippen LogP contribution in [-0.4, -0.2) is 20.7 Å². The van der Waals surface area contributed by atoms with Gasteiger partial charge in [0.2, 0.25) is 0 Å². The Morgan fingerprint density at radius 2 is 2.04 bits per heavy atom. The van der Waals surface area contributed by atoms with E-state index in [9.17, 15) is 9.59 Å². The minimum Gasteiger partial charge on any atom is -0.365 e. The van der Waals surface area contributed by atoms with E-state index in [-0.39, 0.29) is 5.56 Å². The van der Waals surface area contributed by atoms with Crippen molar-refractivity contribution >= 4 is 28.1 Å². The summed E-state index contributed by atoms with van der Waals surface area (Å²) in [5.74, 6) is 0.0658. The summed E-state index contributed by atoms with van der Waals surface area (Å²) < 4.78 is 2.10. The van der Waals surface area contributed by atoms with Crippen LogP contribution in [0.3, 0.4) is 0 Å². The molecule has 0 spiro atoms. The number of nitrogens with one attached hydrogen (secondary N) is 1. The number of carbonyl (C=O) groups excluding carboxylic acids is 1. The number of primary amides is 1. The number of rotatable bonds is 4. The van der Waals surface area contributed by atoms with Gasteiger partial charge in [0.25, 0.3) is 11.5 Å². The minimum absolute atomic E-state index is 0.115. The number of carbonyl (C=O) groups is 1. The zero-order chi connectivity index (χ0) is 17.8. The van der Waals surface area contributed by atoms with Crippen LogP contribution in [0.4, 0.5) is 0 Å². The molecule has 1 amide bonds. The summed E-state index contributed by atoms with van der Waals surface area (Å²) in [6.45, 7) is 0. The largest absolute Gasteiger partial charge is 0.365 e. The Balaban J connectivity index is 1.79. The van der Waals surface area contributed by atoms with E-state index < -0.39 is 5.91 Å². The van der Waals surface area contributed by atoms with E-state index in [1.165, 1.54) is 29.7 Å². The first kappa shape index (κ1) is 15.8. The van der Waals surface area contributed by atoms with Crippen molar-refractivity contribution in [2.24, 2.45) is 5.73 Å². The number of nitrogens with two attached hydrogens (primary N) is 1. The minimum atomic E-state index is -0.451. The van der Waals surface area contributed by atoms with Gasteiger partial charge in [-0.3, -0.25) is 14.3 Å². The van der Waals surface area contributed by atoms with Gasteiger partial charge in [0.15, 0.2) is 0 Å². The summed E-state index contributed by atoms with van der Waals surface area (Å²) in [7, 11) is 0. The third kappa shape index (κ3) is 2.41. The second kappa shape index (κ2) is 5.81. The molecule has 0 unspecified atom stereocenters. The van der Waals surface area contributed by atoms with E-state index in [4.69, 9.17) is 10.8 Å². The van der Waals surface area contributed by atoms with Crippen LogP contribution < -0.4 is 11.3 Å². The summed E-state index contributed by atoms with van der Waals surface area (Å²) in [5, 5.41) is 7.41. The Hall–Kier alpha value is -2.41. The third-order valence-corrected chi connectivity index (χ3v) is 6.52. The van der Waals surface area contributed by atoms with Gasteiger partial charge in [-0.2, -0.15) is 5.10 Å². The van der Waals surface area contributed by atoms with Gasteiger partial charge in [-0.05, 0) is 43.2 Å². The van der Waals surface area contributed by atoms with Crippen LogP contribution in [0.1, 0.15) is 65.7 Å². The molecule has 3 aromatic rings. The van der Waals surface area contributed by atoms with Gasteiger partial charge in [0.05, 0.1) is 21.8 Å². The Bertz CT molecular complexity index is 1070. The van der Waals surface area contributed by atoms with Crippen molar-refractivity contribution in [1.82, 2.24) is 14.8 Å². The average molecular weight is 368 g/mol. The van der Waals surface area contributed by atoms with Crippen LogP contribution in [0.5, 0.6) is 0 Å². The molecule has 2 aliphatic carbocycles. The Labute approximate surface area is 154 Å². The molecular formula is C19H20N4O2S. The van der Waals surface area contributed by atoms with Gasteiger partial charge in [-0.25, -0.2) is 0 Å². The number of nitrogens with zero attached hydrogens (tertiary/aromatic N) is 2. The maximum Gasteiger partial charge on any atom is 0.259 e. The second-order valence-corrected chi connectivity index (χ2v) is 8.28. The van der Waals surface area contributed by atoms with Crippen molar-refractivity contribution in [2.75, 3.05) is 0 Å². The van der Waals surface area contributed by atoms with Gasteiger partial charge < -0.3 is 10.7 Å². The molecule has 7 heteroatoms. The smallest absolute Gasteiger partial charge is 0.259 e. The topological polar surface area (TPSA) is 93.8 Å². The Morgan fingerprint density at radius 1 is 1.27 bits per heavy atom. The fourth-order valence-corrected chi connectivity index (χ4v) is 4.87. The second-order valence-electron chi connectivity index (χ2n) is 7.37. The lowest BCUT2D eigenvalue weighted by Gasteiger charge is -2.13. The molecule has 3 aromatic heterocycles. The maximum absolute atomic E-state index is 12.7. The molecule has 6 nitrogen and oxygen atoms in total. The fraction of sp³-hybridized carbons (Fsp3) is 0.421.